The molecule has 0 spiro atoms. The van der Waals surface area contributed by atoms with E-state index in [0.717, 1.165) is 4.47 Å². The molecule has 1 aromatic rings. The molecule has 1 unspecified atom stereocenters. The van der Waals surface area contributed by atoms with Gasteiger partial charge in [-0.2, -0.15) is 0 Å². The molecule has 11 heavy (non-hydrogen) atoms. The Morgan fingerprint density at radius 2 is 2.09 bits per heavy atom. The zero-order chi connectivity index (χ0) is 8.43. The molecule has 0 aliphatic carbocycles. The van der Waals surface area contributed by atoms with Crippen LogP contribution in [0.25, 0.3) is 0 Å². The molecule has 1 atom stereocenters. The Morgan fingerprint density at radius 1 is 1.45 bits per heavy atom. The second-order valence-electron chi connectivity index (χ2n) is 2.38. The summed E-state index contributed by atoms with van der Waals surface area (Å²) in [5.41, 5.74) is 0.699. The maximum atomic E-state index is 9.19. The molecule has 2 N–H and O–H groups in total. The first-order valence-electron chi connectivity index (χ1n) is 3.27. The molecule has 0 aliphatic rings. The van der Waals surface area contributed by atoms with Gasteiger partial charge in [0.05, 0.1) is 6.10 Å². The Labute approximate surface area is 73.6 Å². The second-order valence-corrected chi connectivity index (χ2v) is 3.24. The van der Waals surface area contributed by atoms with Gasteiger partial charge >= 0.3 is 0 Å². The van der Waals surface area contributed by atoms with E-state index in [0.29, 0.717) is 5.56 Å². The van der Waals surface area contributed by atoms with Crippen molar-refractivity contribution in [3.05, 3.63) is 28.2 Å². The quantitative estimate of drug-likeness (QED) is 0.756. The van der Waals surface area contributed by atoms with E-state index in [9.17, 15) is 5.11 Å². The minimum atomic E-state index is -0.559. The van der Waals surface area contributed by atoms with Crippen molar-refractivity contribution in [1.82, 2.24) is 0 Å². The molecular formula is C8H9BrO2. The van der Waals surface area contributed by atoms with Crippen molar-refractivity contribution in [1.29, 1.82) is 0 Å². The highest BCUT2D eigenvalue weighted by Crippen LogP contribution is 2.26. The normalized spacial score (nSPS) is 13.0. The second kappa shape index (κ2) is 3.24. The summed E-state index contributed by atoms with van der Waals surface area (Å²) in [7, 11) is 0. The third-order valence-corrected chi connectivity index (χ3v) is 2.15. The Bertz CT molecular complexity index is 258. The lowest BCUT2D eigenvalue weighted by Gasteiger charge is -2.06. The minimum Gasteiger partial charge on any atom is -0.508 e. The summed E-state index contributed by atoms with van der Waals surface area (Å²) in [6.07, 6.45) is -0.559. The monoisotopic (exact) mass is 216 g/mol. The van der Waals surface area contributed by atoms with Crippen molar-refractivity contribution in [3.63, 3.8) is 0 Å². The number of benzene rings is 1. The molecule has 0 aliphatic heterocycles. The molecule has 0 amide bonds. The van der Waals surface area contributed by atoms with E-state index in [-0.39, 0.29) is 5.75 Å². The third-order valence-electron chi connectivity index (χ3n) is 1.43. The number of halogens is 1. The lowest BCUT2D eigenvalue weighted by Crippen LogP contribution is -1.91. The fourth-order valence-electron chi connectivity index (χ4n) is 0.851. The van der Waals surface area contributed by atoms with Gasteiger partial charge in [-0.25, -0.2) is 0 Å². The Morgan fingerprint density at radius 3 is 2.55 bits per heavy atom. The molecule has 1 rings (SSSR count). The molecular weight excluding hydrogens is 208 g/mol. The lowest BCUT2D eigenvalue weighted by molar-refractivity contribution is 0.198. The molecule has 0 saturated carbocycles. The first kappa shape index (κ1) is 8.56. The van der Waals surface area contributed by atoms with E-state index < -0.39 is 6.10 Å². The van der Waals surface area contributed by atoms with E-state index in [4.69, 9.17) is 5.11 Å². The van der Waals surface area contributed by atoms with Crippen LogP contribution < -0.4 is 0 Å². The smallest absolute Gasteiger partial charge is 0.116 e. The zero-order valence-electron chi connectivity index (χ0n) is 6.08. The molecule has 0 aromatic heterocycles. The summed E-state index contributed by atoms with van der Waals surface area (Å²) in [6, 6.07) is 4.81. The molecule has 1 aromatic carbocycles. The van der Waals surface area contributed by atoms with E-state index in [2.05, 4.69) is 15.9 Å². The van der Waals surface area contributed by atoms with Gasteiger partial charge in [-0.15, -0.1) is 0 Å². The van der Waals surface area contributed by atoms with E-state index in [1.165, 1.54) is 6.07 Å². The first-order valence-corrected chi connectivity index (χ1v) is 4.07. The summed E-state index contributed by atoms with van der Waals surface area (Å²) in [5.74, 6) is 0.170. The molecule has 60 valence electrons. The van der Waals surface area contributed by atoms with Crippen LogP contribution in [0, 0.1) is 0 Å². The van der Waals surface area contributed by atoms with E-state index in [1.54, 1.807) is 19.1 Å². The maximum Gasteiger partial charge on any atom is 0.116 e. The van der Waals surface area contributed by atoms with Crippen molar-refractivity contribution in [2.45, 2.75) is 13.0 Å². The van der Waals surface area contributed by atoms with Crippen molar-refractivity contribution in [2.75, 3.05) is 0 Å². The summed E-state index contributed by atoms with van der Waals surface area (Å²) >= 11 is 3.26. The number of aliphatic hydroxyl groups is 1. The SMILES string of the molecule is CC(O)c1cc(O)ccc1Br. The van der Waals surface area contributed by atoms with Crippen LogP contribution in [0.15, 0.2) is 22.7 Å². The molecule has 3 heteroatoms. The van der Waals surface area contributed by atoms with Gasteiger partial charge in [-0.3, -0.25) is 0 Å². The standard InChI is InChI=1S/C8H9BrO2/c1-5(10)7-4-6(11)2-3-8(7)9/h2-5,10-11H,1H3. The number of hydrogen-bond acceptors (Lipinski definition) is 2. The lowest BCUT2D eigenvalue weighted by atomic mass is 10.1. The largest absolute Gasteiger partial charge is 0.508 e. The van der Waals surface area contributed by atoms with Crippen molar-refractivity contribution < 1.29 is 10.2 Å². The fourth-order valence-corrected chi connectivity index (χ4v) is 1.43. The van der Waals surface area contributed by atoms with Crippen LogP contribution in [0.4, 0.5) is 0 Å². The summed E-state index contributed by atoms with van der Waals surface area (Å²) in [5, 5.41) is 18.2. The van der Waals surface area contributed by atoms with Crippen LogP contribution in [-0.2, 0) is 0 Å². The van der Waals surface area contributed by atoms with Crippen LogP contribution in [0.3, 0.4) is 0 Å². The Kier molecular flexibility index (Phi) is 2.52. The number of phenolic OH excluding ortho intramolecular Hbond substituents is 1. The summed E-state index contributed by atoms with van der Waals surface area (Å²) in [6.45, 7) is 1.65. The fraction of sp³-hybridized carbons (Fsp3) is 0.250. The van der Waals surface area contributed by atoms with Crippen LogP contribution in [0.1, 0.15) is 18.6 Å². The predicted molar refractivity (Wildman–Crippen MR) is 46.4 cm³/mol. The molecule has 0 heterocycles. The van der Waals surface area contributed by atoms with Crippen LogP contribution in [-0.4, -0.2) is 10.2 Å². The van der Waals surface area contributed by atoms with Gasteiger partial charge in [0, 0.05) is 4.47 Å². The van der Waals surface area contributed by atoms with Crippen LogP contribution >= 0.6 is 15.9 Å². The highest BCUT2D eigenvalue weighted by Gasteiger charge is 2.05. The number of hydrogen-bond donors (Lipinski definition) is 2. The summed E-state index contributed by atoms with van der Waals surface area (Å²) in [4.78, 5) is 0. The molecule has 0 saturated heterocycles. The Hall–Kier alpha value is -0.540. The van der Waals surface area contributed by atoms with Crippen molar-refractivity contribution >= 4 is 15.9 Å². The highest BCUT2D eigenvalue weighted by molar-refractivity contribution is 9.10. The molecule has 0 bridgehead atoms. The topological polar surface area (TPSA) is 40.5 Å². The molecule has 0 radical (unpaired) electrons. The average Bonchev–Trinajstić information content (AvgIpc) is 1.94. The third kappa shape index (κ3) is 1.94. The summed E-state index contributed by atoms with van der Waals surface area (Å²) < 4.78 is 0.810. The van der Waals surface area contributed by atoms with Crippen molar-refractivity contribution in [3.8, 4) is 5.75 Å². The van der Waals surface area contributed by atoms with Crippen LogP contribution in [0.2, 0.25) is 0 Å². The van der Waals surface area contributed by atoms with Gasteiger partial charge in [-0.05, 0) is 30.7 Å². The van der Waals surface area contributed by atoms with Gasteiger partial charge in [0.25, 0.3) is 0 Å². The van der Waals surface area contributed by atoms with Gasteiger partial charge in [-0.1, -0.05) is 15.9 Å². The van der Waals surface area contributed by atoms with E-state index >= 15 is 0 Å². The maximum absolute atomic E-state index is 9.19. The number of rotatable bonds is 1. The van der Waals surface area contributed by atoms with Gasteiger partial charge in [0.2, 0.25) is 0 Å². The van der Waals surface area contributed by atoms with Gasteiger partial charge in [0.15, 0.2) is 0 Å². The number of aromatic hydroxyl groups is 1. The highest BCUT2D eigenvalue weighted by atomic mass is 79.9. The van der Waals surface area contributed by atoms with E-state index in [1.807, 2.05) is 0 Å². The molecule has 2 nitrogen and oxygen atoms in total. The van der Waals surface area contributed by atoms with Crippen LogP contribution in [0.5, 0.6) is 5.75 Å². The number of aliphatic hydroxyl groups excluding tert-OH is 1. The minimum absolute atomic E-state index is 0.170. The first-order chi connectivity index (χ1) is 5.11. The predicted octanol–water partition coefficient (Wildman–Crippen LogP) is 2.21. The molecule has 0 fully saturated rings. The van der Waals surface area contributed by atoms with Gasteiger partial charge < -0.3 is 10.2 Å². The van der Waals surface area contributed by atoms with Crippen molar-refractivity contribution in [2.24, 2.45) is 0 Å². The number of phenols is 1. The average molecular weight is 217 g/mol. The van der Waals surface area contributed by atoms with Gasteiger partial charge in [0.1, 0.15) is 5.75 Å². The Balaban J connectivity index is 3.13. The zero-order valence-corrected chi connectivity index (χ0v) is 7.67.